The first kappa shape index (κ1) is 18.2. The maximum atomic E-state index is 12.3. The van der Waals surface area contributed by atoms with E-state index >= 15 is 0 Å². The van der Waals surface area contributed by atoms with E-state index in [0.29, 0.717) is 19.3 Å². The van der Waals surface area contributed by atoms with Crippen LogP contribution in [0.15, 0.2) is 30.3 Å². The summed E-state index contributed by atoms with van der Waals surface area (Å²) in [7, 11) is 0. The molecule has 1 aliphatic carbocycles. The molecule has 1 aromatic rings. The summed E-state index contributed by atoms with van der Waals surface area (Å²) in [4.78, 5) is 12.3. The van der Waals surface area contributed by atoms with Crippen molar-refractivity contribution in [2.45, 2.75) is 63.8 Å². The summed E-state index contributed by atoms with van der Waals surface area (Å²) in [6.45, 7) is 5.73. The lowest BCUT2D eigenvalue weighted by molar-refractivity contribution is -0.00941. The summed E-state index contributed by atoms with van der Waals surface area (Å²) < 4.78 is 11.6. The fourth-order valence-electron chi connectivity index (χ4n) is 3.32. The number of rotatable bonds is 7. The van der Waals surface area contributed by atoms with Gasteiger partial charge in [0.2, 0.25) is 0 Å². The zero-order chi connectivity index (χ0) is 17.7. The Morgan fingerprint density at radius 2 is 2.00 bits per heavy atom. The van der Waals surface area contributed by atoms with Crippen molar-refractivity contribution in [2.24, 2.45) is 5.92 Å². The molecule has 1 saturated heterocycles. The van der Waals surface area contributed by atoms with Gasteiger partial charge in [-0.15, -0.1) is 0 Å². The largest absolute Gasteiger partial charge is 0.378 e. The molecule has 1 heterocycles. The smallest absolute Gasteiger partial charge is 0.315 e. The second-order valence-electron chi connectivity index (χ2n) is 7.93. The van der Waals surface area contributed by atoms with Crippen molar-refractivity contribution < 1.29 is 14.3 Å². The zero-order valence-corrected chi connectivity index (χ0v) is 15.3. The van der Waals surface area contributed by atoms with Crippen LogP contribution in [-0.2, 0) is 16.1 Å². The Morgan fingerprint density at radius 3 is 2.72 bits per heavy atom. The molecule has 2 aliphatic rings. The van der Waals surface area contributed by atoms with E-state index in [4.69, 9.17) is 9.47 Å². The molecule has 2 N–H and O–H groups in total. The van der Waals surface area contributed by atoms with E-state index in [-0.39, 0.29) is 12.1 Å². The van der Waals surface area contributed by atoms with Gasteiger partial charge in [-0.3, -0.25) is 0 Å². The number of carbonyl (C=O) groups is 1. The lowest BCUT2D eigenvalue weighted by Gasteiger charge is -2.32. The minimum absolute atomic E-state index is 0.116. The van der Waals surface area contributed by atoms with Crippen LogP contribution in [0, 0.1) is 5.92 Å². The molecular weight excluding hydrogens is 316 g/mol. The van der Waals surface area contributed by atoms with E-state index in [2.05, 4.69) is 10.6 Å². The molecule has 0 spiro atoms. The quantitative estimate of drug-likeness (QED) is 0.797. The fourth-order valence-corrected chi connectivity index (χ4v) is 3.32. The molecule has 2 atom stereocenters. The van der Waals surface area contributed by atoms with Gasteiger partial charge in [0.05, 0.1) is 24.9 Å². The molecule has 5 nitrogen and oxygen atoms in total. The van der Waals surface area contributed by atoms with Gasteiger partial charge in [0.25, 0.3) is 0 Å². The number of hydrogen-bond acceptors (Lipinski definition) is 3. The monoisotopic (exact) mass is 346 g/mol. The van der Waals surface area contributed by atoms with Crippen LogP contribution in [0.1, 0.15) is 45.1 Å². The van der Waals surface area contributed by atoms with Crippen LogP contribution in [0.2, 0.25) is 0 Å². The summed E-state index contributed by atoms with van der Waals surface area (Å²) in [5.41, 5.74) is 0.719. The molecule has 0 unspecified atom stereocenters. The number of amides is 2. The lowest BCUT2D eigenvalue weighted by atomic mass is 10.00. The van der Waals surface area contributed by atoms with Crippen LogP contribution < -0.4 is 10.6 Å². The van der Waals surface area contributed by atoms with Crippen molar-refractivity contribution in [3.05, 3.63) is 35.9 Å². The van der Waals surface area contributed by atoms with Crippen LogP contribution in [0.3, 0.4) is 0 Å². The molecule has 5 heteroatoms. The average molecular weight is 346 g/mol. The molecular formula is C20H30N2O3. The second-order valence-corrected chi connectivity index (χ2v) is 7.93. The van der Waals surface area contributed by atoms with E-state index in [1.807, 2.05) is 44.2 Å². The van der Waals surface area contributed by atoms with Crippen molar-refractivity contribution in [3.8, 4) is 0 Å². The molecule has 1 aliphatic heterocycles. The van der Waals surface area contributed by atoms with Crippen LogP contribution >= 0.6 is 0 Å². The minimum Gasteiger partial charge on any atom is -0.378 e. The third-order valence-corrected chi connectivity index (χ3v) is 4.82. The Kier molecular flexibility index (Phi) is 5.97. The highest BCUT2D eigenvalue weighted by Gasteiger charge is 2.36. The third-order valence-electron chi connectivity index (χ3n) is 4.82. The maximum absolute atomic E-state index is 12.3. The van der Waals surface area contributed by atoms with Gasteiger partial charge in [-0.2, -0.15) is 0 Å². The predicted molar refractivity (Wildman–Crippen MR) is 97.3 cm³/mol. The summed E-state index contributed by atoms with van der Waals surface area (Å²) in [6.07, 6.45) is 4.70. The van der Waals surface area contributed by atoms with E-state index < -0.39 is 5.54 Å². The van der Waals surface area contributed by atoms with Gasteiger partial charge in [0, 0.05) is 12.6 Å². The Balaban J connectivity index is 1.38. The number of ether oxygens (including phenoxy) is 2. The van der Waals surface area contributed by atoms with Crippen molar-refractivity contribution in [1.82, 2.24) is 10.6 Å². The maximum Gasteiger partial charge on any atom is 0.315 e. The highest BCUT2D eigenvalue weighted by molar-refractivity contribution is 5.75. The van der Waals surface area contributed by atoms with Crippen molar-refractivity contribution in [3.63, 3.8) is 0 Å². The number of hydrogen-bond donors (Lipinski definition) is 2. The summed E-state index contributed by atoms with van der Waals surface area (Å²) >= 11 is 0. The van der Waals surface area contributed by atoms with Gasteiger partial charge in [-0.05, 0) is 51.0 Å². The zero-order valence-electron chi connectivity index (χ0n) is 15.3. The van der Waals surface area contributed by atoms with Crippen LogP contribution in [0.5, 0.6) is 0 Å². The SMILES string of the molecule is CC(C)(COCc1ccccc1)NC(=O)N[C@@H]1CCO[C@@H](C2CC2)C1. The summed E-state index contributed by atoms with van der Waals surface area (Å²) in [5.74, 6) is 0.718. The molecule has 138 valence electrons. The van der Waals surface area contributed by atoms with E-state index in [0.717, 1.165) is 30.9 Å². The first-order valence-electron chi connectivity index (χ1n) is 9.34. The molecule has 0 radical (unpaired) electrons. The van der Waals surface area contributed by atoms with Gasteiger partial charge < -0.3 is 20.1 Å². The standard InChI is InChI=1S/C20H30N2O3/c1-20(2,14-24-13-15-6-4-3-5-7-15)22-19(23)21-17-10-11-25-18(12-17)16-8-9-16/h3-7,16-18H,8-14H2,1-2H3,(H2,21,22,23)/t17-,18-/m1/s1. The molecule has 2 amide bonds. The number of carbonyl (C=O) groups excluding carboxylic acids is 1. The Morgan fingerprint density at radius 1 is 1.24 bits per heavy atom. The van der Waals surface area contributed by atoms with Gasteiger partial charge >= 0.3 is 6.03 Å². The summed E-state index contributed by atoms with van der Waals surface area (Å²) in [5, 5.41) is 6.14. The van der Waals surface area contributed by atoms with Crippen molar-refractivity contribution >= 4 is 6.03 Å². The number of urea groups is 1. The molecule has 1 saturated carbocycles. The number of benzene rings is 1. The second kappa shape index (κ2) is 8.19. The Hall–Kier alpha value is -1.59. The molecule has 1 aromatic carbocycles. The first-order chi connectivity index (χ1) is 12.0. The third kappa shape index (κ3) is 6.01. The van der Waals surface area contributed by atoms with Crippen LogP contribution in [0.4, 0.5) is 4.79 Å². The topological polar surface area (TPSA) is 59.6 Å². The molecule has 25 heavy (non-hydrogen) atoms. The highest BCUT2D eigenvalue weighted by atomic mass is 16.5. The molecule has 0 aromatic heterocycles. The molecule has 3 rings (SSSR count). The Bertz CT molecular complexity index is 557. The van der Waals surface area contributed by atoms with Gasteiger partial charge in [0.1, 0.15) is 0 Å². The van der Waals surface area contributed by atoms with Crippen molar-refractivity contribution in [1.29, 1.82) is 0 Å². The molecule has 0 bridgehead atoms. The predicted octanol–water partition coefficient (Wildman–Crippen LogP) is 3.24. The van der Waals surface area contributed by atoms with Gasteiger partial charge in [0.15, 0.2) is 0 Å². The average Bonchev–Trinajstić information content (AvgIpc) is 3.40. The highest BCUT2D eigenvalue weighted by Crippen LogP contribution is 2.38. The lowest BCUT2D eigenvalue weighted by Crippen LogP contribution is -2.54. The van der Waals surface area contributed by atoms with Crippen molar-refractivity contribution in [2.75, 3.05) is 13.2 Å². The fraction of sp³-hybridized carbons (Fsp3) is 0.650. The van der Waals surface area contributed by atoms with Crippen LogP contribution in [-0.4, -0.2) is 36.9 Å². The minimum atomic E-state index is -0.417. The van der Waals surface area contributed by atoms with E-state index in [1.165, 1.54) is 12.8 Å². The van der Waals surface area contributed by atoms with E-state index in [1.54, 1.807) is 0 Å². The normalized spacial score (nSPS) is 23.9. The van der Waals surface area contributed by atoms with E-state index in [9.17, 15) is 4.79 Å². The first-order valence-corrected chi connectivity index (χ1v) is 9.34. The van der Waals surface area contributed by atoms with Gasteiger partial charge in [-0.1, -0.05) is 30.3 Å². The number of nitrogens with one attached hydrogen (secondary N) is 2. The Labute approximate surface area is 150 Å². The summed E-state index contributed by atoms with van der Waals surface area (Å²) in [6, 6.07) is 10.2. The van der Waals surface area contributed by atoms with Crippen LogP contribution in [0.25, 0.3) is 0 Å². The molecule has 2 fully saturated rings. The van der Waals surface area contributed by atoms with Gasteiger partial charge in [-0.25, -0.2) is 4.79 Å².